The topological polar surface area (TPSA) is 55.4 Å². The van der Waals surface area contributed by atoms with E-state index in [1.165, 1.54) is 0 Å². The lowest BCUT2D eigenvalue weighted by molar-refractivity contribution is 0.0954. The highest BCUT2D eigenvalue weighted by Gasteiger charge is 2.12. The number of aryl methyl sites for hydroxylation is 2. The largest absolute Gasteiger partial charge is 0.468 e. The third-order valence-corrected chi connectivity index (χ3v) is 3.62. The van der Waals surface area contributed by atoms with E-state index in [4.69, 9.17) is 8.83 Å². The molecule has 0 bridgehead atoms. The Balaban J connectivity index is 1.68. The van der Waals surface area contributed by atoms with Gasteiger partial charge in [-0.25, -0.2) is 0 Å². The standard InChI is InChI=1S/C14H17NO3S/c1-10-8-13(11(2)18-10)14(16)15-5-7-19-9-12-4-3-6-17-12/h3-4,6,8H,5,7,9H2,1-2H3,(H,15,16). The van der Waals surface area contributed by atoms with Crippen LogP contribution < -0.4 is 5.32 Å². The van der Waals surface area contributed by atoms with Crippen LogP contribution in [0.2, 0.25) is 0 Å². The van der Waals surface area contributed by atoms with Crippen molar-refractivity contribution in [1.82, 2.24) is 5.32 Å². The van der Waals surface area contributed by atoms with Crippen LogP contribution in [0.25, 0.3) is 0 Å². The lowest BCUT2D eigenvalue weighted by atomic mass is 10.2. The third kappa shape index (κ3) is 3.92. The second-order valence-corrected chi connectivity index (χ2v) is 5.32. The second kappa shape index (κ2) is 6.52. The Morgan fingerprint density at radius 2 is 2.26 bits per heavy atom. The third-order valence-electron chi connectivity index (χ3n) is 2.64. The first kappa shape index (κ1) is 13.8. The minimum absolute atomic E-state index is 0.0760. The molecule has 0 aliphatic rings. The van der Waals surface area contributed by atoms with Gasteiger partial charge in [-0.15, -0.1) is 0 Å². The molecule has 5 heteroatoms. The molecule has 2 aromatic heterocycles. The summed E-state index contributed by atoms with van der Waals surface area (Å²) < 4.78 is 10.6. The molecule has 0 fully saturated rings. The maximum Gasteiger partial charge on any atom is 0.254 e. The number of rotatable bonds is 6. The van der Waals surface area contributed by atoms with Crippen LogP contribution in [0, 0.1) is 13.8 Å². The lowest BCUT2D eigenvalue weighted by Crippen LogP contribution is -2.25. The summed E-state index contributed by atoms with van der Waals surface area (Å²) in [7, 11) is 0. The van der Waals surface area contributed by atoms with Gasteiger partial charge in [0.05, 0.1) is 17.6 Å². The van der Waals surface area contributed by atoms with Crippen LogP contribution in [0.1, 0.15) is 27.6 Å². The maximum absolute atomic E-state index is 11.9. The van der Waals surface area contributed by atoms with Gasteiger partial charge in [0.1, 0.15) is 17.3 Å². The van der Waals surface area contributed by atoms with Crippen molar-refractivity contribution in [3.05, 3.63) is 47.3 Å². The molecule has 0 radical (unpaired) electrons. The Morgan fingerprint density at radius 1 is 1.42 bits per heavy atom. The predicted octanol–water partition coefficient (Wildman–Crippen LogP) is 3.15. The van der Waals surface area contributed by atoms with E-state index in [1.807, 2.05) is 19.1 Å². The molecule has 2 aromatic rings. The van der Waals surface area contributed by atoms with E-state index in [9.17, 15) is 4.79 Å². The van der Waals surface area contributed by atoms with Crippen molar-refractivity contribution in [3.8, 4) is 0 Å². The molecular weight excluding hydrogens is 262 g/mol. The van der Waals surface area contributed by atoms with Crippen molar-refractivity contribution in [1.29, 1.82) is 0 Å². The van der Waals surface area contributed by atoms with E-state index in [0.29, 0.717) is 17.9 Å². The zero-order chi connectivity index (χ0) is 13.7. The zero-order valence-electron chi connectivity index (χ0n) is 11.1. The SMILES string of the molecule is Cc1cc(C(=O)NCCSCc2ccco2)c(C)o1. The van der Waals surface area contributed by atoms with E-state index < -0.39 is 0 Å². The van der Waals surface area contributed by atoms with Crippen LogP contribution in [0.3, 0.4) is 0 Å². The molecule has 4 nitrogen and oxygen atoms in total. The maximum atomic E-state index is 11.9. The molecule has 0 saturated carbocycles. The number of nitrogens with one attached hydrogen (secondary N) is 1. The van der Waals surface area contributed by atoms with Gasteiger partial charge in [0.15, 0.2) is 0 Å². The number of amides is 1. The van der Waals surface area contributed by atoms with Gasteiger partial charge in [-0.1, -0.05) is 0 Å². The van der Waals surface area contributed by atoms with Crippen molar-refractivity contribution in [3.63, 3.8) is 0 Å². The van der Waals surface area contributed by atoms with Crippen LogP contribution in [0.4, 0.5) is 0 Å². The Morgan fingerprint density at radius 3 is 2.89 bits per heavy atom. The smallest absolute Gasteiger partial charge is 0.254 e. The van der Waals surface area contributed by atoms with Crippen molar-refractivity contribution in [2.75, 3.05) is 12.3 Å². The summed E-state index contributed by atoms with van der Waals surface area (Å²) >= 11 is 1.73. The second-order valence-electron chi connectivity index (χ2n) is 4.21. The molecule has 0 saturated heterocycles. The number of furan rings is 2. The van der Waals surface area contributed by atoms with E-state index in [2.05, 4.69) is 5.32 Å². The van der Waals surface area contributed by atoms with Crippen LogP contribution >= 0.6 is 11.8 Å². The highest BCUT2D eigenvalue weighted by molar-refractivity contribution is 7.98. The summed E-state index contributed by atoms with van der Waals surface area (Å²) in [6.45, 7) is 4.27. The van der Waals surface area contributed by atoms with Crippen molar-refractivity contribution in [2.24, 2.45) is 0 Å². The van der Waals surface area contributed by atoms with Gasteiger partial charge in [-0.2, -0.15) is 11.8 Å². The first-order valence-electron chi connectivity index (χ1n) is 6.12. The molecule has 2 heterocycles. The summed E-state index contributed by atoms with van der Waals surface area (Å²) in [6, 6.07) is 5.59. The van der Waals surface area contributed by atoms with Gasteiger partial charge in [0.2, 0.25) is 0 Å². The molecule has 102 valence electrons. The van der Waals surface area contributed by atoms with Gasteiger partial charge in [0, 0.05) is 12.3 Å². The summed E-state index contributed by atoms with van der Waals surface area (Å²) in [5, 5.41) is 2.88. The average Bonchev–Trinajstić information content (AvgIpc) is 2.98. The molecule has 0 aromatic carbocycles. The van der Waals surface area contributed by atoms with E-state index in [1.54, 1.807) is 31.0 Å². The monoisotopic (exact) mass is 279 g/mol. The Bertz CT molecular complexity index is 531. The Labute approximate surface area is 116 Å². The number of hydrogen-bond acceptors (Lipinski definition) is 4. The first-order valence-corrected chi connectivity index (χ1v) is 7.27. The van der Waals surface area contributed by atoms with Gasteiger partial charge < -0.3 is 14.2 Å². The van der Waals surface area contributed by atoms with Gasteiger partial charge >= 0.3 is 0 Å². The Hall–Kier alpha value is -1.62. The van der Waals surface area contributed by atoms with Crippen LogP contribution in [0.15, 0.2) is 33.3 Å². The molecule has 1 N–H and O–H groups in total. The normalized spacial score (nSPS) is 10.6. The number of carbonyl (C=O) groups excluding carboxylic acids is 1. The molecule has 0 aliphatic heterocycles. The van der Waals surface area contributed by atoms with Crippen molar-refractivity contribution >= 4 is 17.7 Å². The summed E-state index contributed by atoms with van der Waals surface area (Å²) in [5.41, 5.74) is 0.619. The van der Waals surface area contributed by atoms with Crippen molar-refractivity contribution in [2.45, 2.75) is 19.6 Å². The van der Waals surface area contributed by atoms with E-state index >= 15 is 0 Å². The van der Waals surface area contributed by atoms with E-state index in [-0.39, 0.29) is 5.91 Å². The average molecular weight is 279 g/mol. The number of thioether (sulfide) groups is 1. The van der Waals surface area contributed by atoms with Crippen LogP contribution in [-0.2, 0) is 5.75 Å². The zero-order valence-corrected chi connectivity index (χ0v) is 11.9. The van der Waals surface area contributed by atoms with Gasteiger partial charge in [-0.3, -0.25) is 4.79 Å². The fraction of sp³-hybridized carbons (Fsp3) is 0.357. The molecule has 1 amide bonds. The minimum Gasteiger partial charge on any atom is -0.468 e. The molecule has 0 atom stereocenters. The minimum atomic E-state index is -0.0760. The quantitative estimate of drug-likeness (QED) is 0.825. The first-order chi connectivity index (χ1) is 9.16. The molecule has 0 unspecified atom stereocenters. The van der Waals surface area contributed by atoms with Gasteiger partial charge in [0.25, 0.3) is 5.91 Å². The lowest BCUT2D eigenvalue weighted by Gasteiger charge is -2.03. The molecular formula is C14H17NO3S. The number of carbonyl (C=O) groups is 1. The van der Waals surface area contributed by atoms with E-state index in [0.717, 1.165) is 23.0 Å². The van der Waals surface area contributed by atoms with Gasteiger partial charge in [-0.05, 0) is 32.0 Å². The predicted molar refractivity (Wildman–Crippen MR) is 75.4 cm³/mol. The van der Waals surface area contributed by atoms with Crippen molar-refractivity contribution < 1.29 is 13.6 Å². The molecule has 19 heavy (non-hydrogen) atoms. The summed E-state index contributed by atoms with van der Waals surface area (Å²) in [5.74, 6) is 3.98. The molecule has 0 aliphatic carbocycles. The molecule has 0 spiro atoms. The highest BCUT2D eigenvalue weighted by Crippen LogP contribution is 2.14. The summed E-state index contributed by atoms with van der Waals surface area (Å²) in [4.78, 5) is 11.9. The fourth-order valence-corrected chi connectivity index (χ4v) is 2.51. The molecule has 2 rings (SSSR count). The number of hydrogen-bond donors (Lipinski definition) is 1. The highest BCUT2D eigenvalue weighted by atomic mass is 32.2. The fourth-order valence-electron chi connectivity index (χ4n) is 1.76. The summed E-state index contributed by atoms with van der Waals surface area (Å²) in [6.07, 6.45) is 1.67. The van der Waals surface area contributed by atoms with Crippen LogP contribution in [-0.4, -0.2) is 18.2 Å². The Kier molecular flexibility index (Phi) is 4.74. The van der Waals surface area contributed by atoms with Crippen LogP contribution in [0.5, 0.6) is 0 Å².